The second kappa shape index (κ2) is 4.43. The van der Waals surface area contributed by atoms with Crippen molar-refractivity contribution in [1.29, 1.82) is 0 Å². The molecule has 0 spiro atoms. The molecule has 0 aliphatic heterocycles. The minimum atomic E-state index is -0.356. The summed E-state index contributed by atoms with van der Waals surface area (Å²) >= 11 is 0. The van der Waals surface area contributed by atoms with Crippen LogP contribution in [0.5, 0.6) is 0 Å². The summed E-state index contributed by atoms with van der Waals surface area (Å²) in [6.45, 7) is 1.95. The largest absolute Gasteiger partial charge is 0.393 e. The number of aliphatic hydroxyl groups is 2. The van der Waals surface area contributed by atoms with E-state index in [4.69, 9.17) is 0 Å². The van der Waals surface area contributed by atoms with Gasteiger partial charge < -0.3 is 10.2 Å². The van der Waals surface area contributed by atoms with E-state index >= 15 is 0 Å². The van der Waals surface area contributed by atoms with E-state index in [9.17, 15) is 10.2 Å². The van der Waals surface area contributed by atoms with Crippen LogP contribution in [0.2, 0.25) is 0 Å². The molecular weight excluding hydrogens is 152 g/mol. The maximum Gasteiger partial charge on any atom is 0.0602 e. The first-order valence-electron chi connectivity index (χ1n) is 4.39. The van der Waals surface area contributed by atoms with Gasteiger partial charge in [-0.3, -0.25) is 0 Å². The van der Waals surface area contributed by atoms with Gasteiger partial charge in [-0.25, -0.2) is 0 Å². The Balaban J connectivity index is 2.54. The number of rotatable bonds is 1. The van der Waals surface area contributed by atoms with Crippen LogP contribution in [0.15, 0.2) is 23.8 Å². The molecule has 1 aliphatic carbocycles. The molecule has 2 N–H and O–H groups in total. The van der Waals surface area contributed by atoms with Crippen LogP contribution in [-0.2, 0) is 0 Å². The molecule has 0 bridgehead atoms. The van der Waals surface area contributed by atoms with E-state index in [0.29, 0.717) is 19.3 Å². The molecule has 1 fully saturated rings. The summed E-state index contributed by atoms with van der Waals surface area (Å²) in [5.41, 5.74) is 1.14. The second-order valence-electron chi connectivity index (χ2n) is 3.30. The lowest BCUT2D eigenvalue weighted by Gasteiger charge is -2.24. The quantitative estimate of drug-likeness (QED) is 0.621. The summed E-state index contributed by atoms with van der Waals surface area (Å²) in [6.07, 6.45) is 7.10. The fraction of sp³-hybridized carbons (Fsp3) is 0.600. The Labute approximate surface area is 73.2 Å². The van der Waals surface area contributed by atoms with Crippen LogP contribution in [-0.4, -0.2) is 22.4 Å². The first-order chi connectivity index (χ1) is 5.72. The summed E-state index contributed by atoms with van der Waals surface area (Å²) < 4.78 is 0. The number of hydrogen-bond acceptors (Lipinski definition) is 2. The van der Waals surface area contributed by atoms with E-state index in [0.717, 1.165) is 5.57 Å². The standard InChI is InChI=1S/C10H16O2/c1-2-3-4-8-5-9(11)7-10(12)6-8/h2-4,9-12H,5-7H2,1H3/b3-2+,8-4?. The van der Waals surface area contributed by atoms with E-state index in [-0.39, 0.29) is 12.2 Å². The summed E-state index contributed by atoms with van der Waals surface area (Å²) in [6, 6.07) is 0. The Kier molecular flexibility index (Phi) is 3.50. The zero-order chi connectivity index (χ0) is 8.97. The molecule has 0 aromatic rings. The molecule has 2 nitrogen and oxygen atoms in total. The van der Waals surface area contributed by atoms with Gasteiger partial charge in [-0.2, -0.15) is 0 Å². The van der Waals surface area contributed by atoms with Crippen molar-refractivity contribution in [2.45, 2.75) is 38.4 Å². The van der Waals surface area contributed by atoms with Crippen molar-refractivity contribution in [3.8, 4) is 0 Å². The summed E-state index contributed by atoms with van der Waals surface area (Å²) in [7, 11) is 0. The molecule has 68 valence electrons. The van der Waals surface area contributed by atoms with Crippen LogP contribution in [0.3, 0.4) is 0 Å². The van der Waals surface area contributed by atoms with Crippen LogP contribution >= 0.6 is 0 Å². The van der Waals surface area contributed by atoms with Gasteiger partial charge >= 0.3 is 0 Å². The molecule has 0 aromatic heterocycles. The monoisotopic (exact) mass is 168 g/mol. The van der Waals surface area contributed by atoms with Gasteiger partial charge in [-0.15, -0.1) is 0 Å². The van der Waals surface area contributed by atoms with Crippen molar-refractivity contribution in [1.82, 2.24) is 0 Å². The molecule has 0 saturated heterocycles. The molecule has 1 saturated carbocycles. The van der Waals surface area contributed by atoms with Crippen LogP contribution in [0.4, 0.5) is 0 Å². The van der Waals surface area contributed by atoms with Crippen molar-refractivity contribution in [3.05, 3.63) is 23.8 Å². The Hall–Kier alpha value is -0.600. The zero-order valence-electron chi connectivity index (χ0n) is 7.40. The molecule has 0 heterocycles. The van der Waals surface area contributed by atoms with Crippen LogP contribution in [0, 0.1) is 0 Å². The lowest BCUT2D eigenvalue weighted by atomic mass is 9.90. The molecule has 1 aliphatic rings. The highest BCUT2D eigenvalue weighted by molar-refractivity contribution is 5.15. The molecule has 2 heteroatoms. The molecule has 12 heavy (non-hydrogen) atoms. The fourth-order valence-corrected chi connectivity index (χ4v) is 1.54. The average Bonchev–Trinajstić information content (AvgIpc) is 1.99. The molecule has 0 radical (unpaired) electrons. The van der Waals surface area contributed by atoms with Gasteiger partial charge in [0.25, 0.3) is 0 Å². The van der Waals surface area contributed by atoms with Gasteiger partial charge in [-0.1, -0.05) is 23.8 Å². The topological polar surface area (TPSA) is 40.5 Å². The Morgan fingerprint density at radius 1 is 1.25 bits per heavy atom. The minimum Gasteiger partial charge on any atom is -0.393 e. The smallest absolute Gasteiger partial charge is 0.0602 e. The molecular formula is C10H16O2. The summed E-state index contributed by atoms with van der Waals surface area (Å²) in [5, 5.41) is 18.6. The van der Waals surface area contributed by atoms with Crippen LogP contribution in [0.1, 0.15) is 26.2 Å². The van der Waals surface area contributed by atoms with Crippen molar-refractivity contribution >= 4 is 0 Å². The molecule has 1 rings (SSSR count). The zero-order valence-corrected chi connectivity index (χ0v) is 7.40. The lowest BCUT2D eigenvalue weighted by molar-refractivity contribution is 0.0610. The molecule has 0 aromatic carbocycles. The van der Waals surface area contributed by atoms with Gasteiger partial charge in [0.15, 0.2) is 0 Å². The van der Waals surface area contributed by atoms with Crippen LogP contribution < -0.4 is 0 Å². The van der Waals surface area contributed by atoms with Gasteiger partial charge in [-0.05, 0) is 26.2 Å². The fourth-order valence-electron chi connectivity index (χ4n) is 1.54. The molecule has 0 amide bonds. The van der Waals surface area contributed by atoms with Gasteiger partial charge in [0, 0.05) is 0 Å². The third-order valence-electron chi connectivity index (χ3n) is 2.06. The number of aliphatic hydroxyl groups excluding tert-OH is 2. The Morgan fingerprint density at radius 2 is 1.83 bits per heavy atom. The lowest BCUT2D eigenvalue weighted by Crippen LogP contribution is -2.24. The maximum atomic E-state index is 9.32. The molecule has 2 atom stereocenters. The average molecular weight is 168 g/mol. The maximum absolute atomic E-state index is 9.32. The highest BCUT2D eigenvalue weighted by atomic mass is 16.3. The first-order valence-corrected chi connectivity index (χ1v) is 4.39. The summed E-state index contributed by atoms with van der Waals surface area (Å²) in [5.74, 6) is 0. The van der Waals surface area contributed by atoms with E-state index < -0.39 is 0 Å². The highest BCUT2D eigenvalue weighted by Gasteiger charge is 2.20. The van der Waals surface area contributed by atoms with Gasteiger partial charge in [0.1, 0.15) is 0 Å². The Bertz CT molecular complexity index is 182. The van der Waals surface area contributed by atoms with E-state index in [1.807, 2.05) is 25.2 Å². The van der Waals surface area contributed by atoms with Gasteiger partial charge in [0.05, 0.1) is 12.2 Å². The van der Waals surface area contributed by atoms with Gasteiger partial charge in [0.2, 0.25) is 0 Å². The predicted molar refractivity (Wildman–Crippen MR) is 48.8 cm³/mol. The van der Waals surface area contributed by atoms with Crippen molar-refractivity contribution in [3.63, 3.8) is 0 Å². The summed E-state index contributed by atoms with van der Waals surface area (Å²) in [4.78, 5) is 0. The van der Waals surface area contributed by atoms with Crippen molar-refractivity contribution in [2.75, 3.05) is 0 Å². The van der Waals surface area contributed by atoms with E-state index in [1.54, 1.807) is 0 Å². The predicted octanol–water partition coefficient (Wildman–Crippen LogP) is 1.39. The highest BCUT2D eigenvalue weighted by Crippen LogP contribution is 2.23. The second-order valence-corrected chi connectivity index (χ2v) is 3.30. The van der Waals surface area contributed by atoms with Crippen molar-refractivity contribution in [2.24, 2.45) is 0 Å². The third-order valence-corrected chi connectivity index (χ3v) is 2.06. The third kappa shape index (κ3) is 2.80. The SMILES string of the molecule is C/C=C/C=C1CC(O)CC(O)C1. The minimum absolute atomic E-state index is 0.356. The normalized spacial score (nSPS) is 31.1. The number of hydrogen-bond donors (Lipinski definition) is 2. The van der Waals surface area contributed by atoms with E-state index in [1.165, 1.54) is 0 Å². The molecule has 2 unspecified atom stereocenters. The van der Waals surface area contributed by atoms with Crippen LogP contribution in [0.25, 0.3) is 0 Å². The number of allylic oxidation sites excluding steroid dienone is 3. The van der Waals surface area contributed by atoms with E-state index in [2.05, 4.69) is 0 Å². The first kappa shape index (κ1) is 9.49. The Morgan fingerprint density at radius 3 is 2.33 bits per heavy atom. The van der Waals surface area contributed by atoms with Crippen molar-refractivity contribution < 1.29 is 10.2 Å².